The summed E-state index contributed by atoms with van der Waals surface area (Å²) >= 11 is 0. The number of piperidine rings is 1. The first kappa shape index (κ1) is 23.6. The summed E-state index contributed by atoms with van der Waals surface area (Å²) < 4.78 is 27.5. The highest BCUT2D eigenvalue weighted by Crippen LogP contribution is 2.17. The van der Waals surface area contributed by atoms with Crippen molar-refractivity contribution >= 4 is 21.7 Å². The van der Waals surface area contributed by atoms with E-state index in [2.05, 4.69) is 25.2 Å². The zero-order chi connectivity index (χ0) is 21.3. The first-order valence-electron chi connectivity index (χ1n) is 10.6. The first-order chi connectivity index (χ1) is 13.8. The van der Waals surface area contributed by atoms with Gasteiger partial charge < -0.3 is 10.6 Å². The van der Waals surface area contributed by atoms with Crippen LogP contribution in [0.4, 0.5) is 5.82 Å². The number of carbonyl (C=O) groups excluding carboxylic acids is 1. The van der Waals surface area contributed by atoms with Crippen molar-refractivity contribution in [2.75, 3.05) is 31.5 Å². The van der Waals surface area contributed by atoms with Crippen LogP contribution >= 0.6 is 0 Å². The van der Waals surface area contributed by atoms with Crippen molar-refractivity contribution in [1.29, 1.82) is 0 Å². The van der Waals surface area contributed by atoms with Gasteiger partial charge in [0.25, 0.3) is 0 Å². The SMILES string of the molecule is CCCNC(=O)CN1CCC(Nc2ccc(S(=O)(=O)NC(C)CCC)cn2)CC1. The summed E-state index contributed by atoms with van der Waals surface area (Å²) in [5.74, 6) is 0.753. The van der Waals surface area contributed by atoms with Crippen LogP contribution in [0, 0.1) is 0 Å². The number of likely N-dealkylation sites (tertiary alicyclic amines) is 1. The number of sulfonamides is 1. The molecule has 3 N–H and O–H groups in total. The number of amides is 1. The van der Waals surface area contributed by atoms with E-state index in [0.717, 1.165) is 51.7 Å². The highest BCUT2D eigenvalue weighted by Gasteiger charge is 2.22. The summed E-state index contributed by atoms with van der Waals surface area (Å²) in [5.41, 5.74) is 0. The third kappa shape index (κ3) is 7.91. The van der Waals surface area contributed by atoms with Crippen molar-refractivity contribution in [3.05, 3.63) is 18.3 Å². The van der Waals surface area contributed by atoms with Crippen molar-refractivity contribution in [3.8, 4) is 0 Å². The Morgan fingerprint density at radius 1 is 1.24 bits per heavy atom. The molecule has 2 rings (SSSR count). The van der Waals surface area contributed by atoms with Crippen LogP contribution in [0.15, 0.2) is 23.2 Å². The number of anilines is 1. The van der Waals surface area contributed by atoms with Gasteiger partial charge in [0.2, 0.25) is 15.9 Å². The topological polar surface area (TPSA) is 103 Å². The van der Waals surface area contributed by atoms with Gasteiger partial charge in [-0.1, -0.05) is 20.3 Å². The van der Waals surface area contributed by atoms with E-state index < -0.39 is 10.0 Å². The molecule has 1 aliphatic rings. The van der Waals surface area contributed by atoms with Crippen molar-refractivity contribution in [2.24, 2.45) is 0 Å². The highest BCUT2D eigenvalue weighted by atomic mass is 32.2. The maximum Gasteiger partial charge on any atom is 0.242 e. The molecule has 164 valence electrons. The fourth-order valence-corrected chi connectivity index (χ4v) is 4.64. The molecule has 29 heavy (non-hydrogen) atoms. The number of rotatable bonds is 11. The molecular weight excluding hydrogens is 390 g/mol. The van der Waals surface area contributed by atoms with E-state index in [9.17, 15) is 13.2 Å². The molecule has 0 aliphatic carbocycles. The number of aromatic nitrogens is 1. The number of hydrogen-bond acceptors (Lipinski definition) is 6. The van der Waals surface area contributed by atoms with E-state index in [0.29, 0.717) is 12.4 Å². The number of carbonyl (C=O) groups is 1. The third-order valence-electron chi connectivity index (χ3n) is 5.00. The van der Waals surface area contributed by atoms with Gasteiger partial charge in [-0.25, -0.2) is 18.1 Å². The second-order valence-electron chi connectivity index (χ2n) is 7.73. The van der Waals surface area contributed by atoms with Crippen LogP contribution in [-0.4, -0.2) is 62.5 Å². The molecule has 0 saturated carbocycles. The average Bonchev–Trinajstić information content (AvgIpc) is 2.68. The van der Waals surface area contributed by atoms with E-state index in [1.807, 2.05) is 20.8 Å². The highest BCUT2D eigenvalue weighted by molar-refractivity contribution is 7.89. The largest absolute Gasteiger partial charge is 0.367 e. The van der Waals surface area contributed by atoms with E-state index >= 15 is 0 Å². The third-order valence-corrected chi connectivity index (χ3v) is 6.58. The molecule has 1 aromatic rings. The standard InChI is InChI=1S/C20H35N5O3S/c1-4-6-16(3)24-29(27,28)18-7-8-19(22-14-18)23-17-9-12-25(13-10-17)15-20(26)21-11-5-2/h7-8,14,16-17,24H,4-6,9-13,15H2,1-3H3,(H,21,26)(H,22,23). The molecule has 1 aliphatic heterocycles. The summed E-state index contributed by atoms with van der Waals surface area (Å²) in [6.45, 7) is 8.80. The predicted octanol–water partition coefficient (Wildman–Crippen LogP) is 1.95. The van der Waals surface area contributed by atoms with Gasteiger partial charge in [-0.3, -0.25) is 9.69 Å². The molecule has 1 aromatic heterocycles. The molecule has 9 heteroatoms. The maximum absolute atomic E-state index is 12.4. The summed E-state index contributed by atoms with van der Waals surface area (Å²) in [6.07, 6.45) is 5.89. The van der Waals surface area contributed by atoms with E-state index in [-0.39, 0.29) is 22.9 Å². The minimum atomic E-state index is -3.54. The van der Waals surface area contributed by atoms with Crippen molar-refractivity contribution in [1.82, 2.24) is 19.9 Å². The molecule has 0 aromatic carbocycles. The lowest BCUT2D eigenvalue weighted by Crippen LogP contribution is -2.44. The lowest BCUT2D eigenvalue weighted by atomic mass is 10.1. The smallest absolute Gasteiger partial charge is 0.242 e. The lowest BCUT2D eigenvalue weighted by molar-refractivity contribution is -0.122. The van der Waals surface area contributed by atoms with Crippen LogP contribution in [-0.2, 0) is 14.8 Å². The monoisotopic (exact) mass is 425 g/mol. The quantitative estimate of drug-likeness (QED) is 0.501. The van der Waals surface area contributed by atoms with Gasteiger partial charge in [0.1, 0.15) is 10.7 Å². The van der Waals surface area contributed by atoms with E-state index in [1.54, 1.807) is 12.1 Å². The minimum Gasteiger partial charge on any atom is -0.367 e. The van der Waals surface area contributed by atoms with Crippen LogP contribution < -0.4 is 15.4 Å². The zero-order valence-corrected chi connectivity index (χ0v) is 18.6. The summed E-state index contributed by atoms with van der Waals surface area (Å²) in [4.78, 5) is 18.5. The Balaban J connectivity index is 1.81. The predicted molar refractivity (Wildman–Crippen MR) is 115 cm³/mol. The molecule has 1 fully saturated rings. The number of nitrogens with zero attached hydrogens (tertiary/aromatic N) is 2. The van der Waals surface area contributed by atoms with E-state index in [1.165, 1.54) is 6.20 Å². The normalized spacial score (nSPS) is 17.1. The molecule has 0 bridgehead atoms. The van der Waals surface area contributed by atoms with Gasteiger partial charge in [0, 0.05) is 37.9 Å². The van der Waals surface area contributed by atoms with Crippen molar-refractivity contribution in [2.45, 2.75) is 69.9 Å². The Kier molecular flexibility index (Phi) is 9.32. The molecule has 2 heterocycles. The molecule has 1 saturated heterocycles. The maximum atomic E-state index is 12.4. The Morgan fingerprint density at radius 3 is 2.55 bits per heavy atom. The fraction of sp³-hybridized carbons (Fsp3) is 0.700. The van der Waals surface area contributed by atoms with Gasteiger partial charge in [0.05, 0.1) is 6.54 Å². The van der Waals surface area contributed by atoms with Gasteiger partial charge >= 0.3 is 0 Å². The second-order valence-corrected chi connectivity index (χ2v) is 9.45. The summed E-state index contributed by atoms with van der Waals surface area (Å²) in [7, 11) is -3.54. The van der Waals surface area contributed by atoms with Crippen LogP contribution in [0.5, 0.6) is 0 Å². The van der Waals surface area contributed by atoms with Gasteiger partial charge in [0.15, 0.2) is 0 Å². The van der Waals surface area contributed by atoms with Crippen molar-refractivity contribution in [3.63, 3.8) is 0 Å². The minimum absolute atomic E-state index is 0.0820. The Morgan fingerprint density at radius 2 is 1.97 bits per heavy atom. The molecule has 0 radical (unpaired) electrons. The van der Waals surface area contributed by atoms with Gasteiger partial charge in [-0.05, 0) is 44.7 Å². The number of nitrogens with one attached hydrogen (secondary N) is 3. The molecule has 0 spiro atoms. The average molecular weight is 426 g/mol. The summed E-state index contributed by atoms with van der Waals surface area (Å²) in [6, 6.07) is 3.47. The van der Waals surface area contributed by atoms with Crippen LogP contribution in [0.2, 0.25) is 0 Å². The van der Waals surface area contributed by atoms with Crippen LogP contribution in [0.1, 0.15) is 52.9 Å². The van der Waals surface area contributed by atoms with Crippen LogP contribution in [0.25, 0.3) is 0 Å². The molecule has 1 amide bonds. The zero-order valence-electron chi connectivity index (χ0n) is 17.8. The molecular formula is C20H35N5O3S. The first-order valence-corrected chi connectivity index (χ1v) is 12.1. The Labute approximate surface area is 174 Å². The van der Waals surface area contributed by atoms with Crippen LogP contribution in [0.3, 0.4) is 0 Å². The number of hydrogen-bond donors (Lipinski definition) is 3. The molecule has 1 atom stereocenters. The Bertz CT molecular complexity index is 731. The van der Waals surface area contributed by atoms with Gasteiger partial charge in [-0.15, -0.1) is 0 Å². The lowest BCUT2D eigenvalue weighted by Gasteiger charge is -2.32. The summed E-state index contributed by atoms with van der Waals surface area (Å²) in [5, 5.41) is 6.28. The van der Waals surface area contributed by atoms with Crippen molar-refractivity contribution < 1.29 is 13.2 Å². The molecule has 8 nitrogen and oxygen atoms in total. The fourth-order valence-electron chi connectivity index (χ4n) is 3.42. The van der Waals surface area contributed by atoms with E-state index in [4.69, 9.17) is 0 Å². The van der Waals surface area contributed by atoms with Gasteiger partial charge in [-0.2, -0.15) is 0 Å². The molecule has 1 unspecified atom stereocenters. The number of pyridine rings is 1. The Hall–Kier alpha value is -1.71. The second kappa shape index (κ2) is 11.5.